The van der Waals surface area contributed by atoms with Gasteiger partial charge in [-0.2, -0.15) is 13.5 Å². The fraction of sp³-hybridized carbons (Fsp3) is 0.316. The molecule has 0 bridgehead atoms. The van der Waals surface area contributed by atoms with Crippen LogP contribution in [0.2, 0.25) is 0 Å². The van der Waals surface area contributed by atoms with E-state index in [-0.39, 0.29) is 5.75 Å². The van der Waals surface area contributed by atoms with E-state index in [1.807, 2.05) is 0 Å². The quantitative estimate of drug-likeness (QED) is 0.174. The van der Waals surface area contributed by atoms with Crippen LogP contribution in [0.15, 0.2) is 30.3 Å². The molecule has 31 heavy (non-hydrogen) atoms. The van der Waals surface area contributed by atoms with Crippen LogP contribution in [-0.2, 0) is 14.1 Å². The molecule has 0 saturated carbocycles. The molecule has 2 aromatic rings. The van der Waals surface area contributed by atoms with E-state index in [0.29, 0.717) is 4.67 Å². The summed E-state index contributed by atoms with van der Waals surface area (Å²) in [4.78, 5) is 12.2. The lowest BCUT2D eigenvalue weighted by Gasteiger charge is -2.30. The Morgan fingerprint density at radius 1 is 0.871 bits per heavy atom. The molecule has 0 amide bonds. The molecule has 0 spiro atoms. The maximum atomic E-state index is 14.1. The predicted molar refractivity (Wildman–Crippen MR) is 100.0 cm³/mol. The van der Waals surface area contributed by atoms with Crippen LogP contribution >= 0.6 is 7.75 Å². The second kappa shape index (κ2) is 9.65. The fourth-order valence-corrected chi connectivity index (χ4v) is 3.83. The lowest BCUT2D eigenvalue weighted by molar-refractivity contribution is -0.151. The number of rotatable bonds is 8. The molecule has 12 heteroatoms. The monoisotopic (exact) mass is 467 g/mol. The average Bonchev–Trinajstić information content (AvgIpc) is 2.73. The van der Waals surface area contributed by atoms with Gasteiger partial charge < -0.3 is 13.8 Å². The summed E-state index contributed by atoms with van der Waals surface area (Å²) < 4.78 is 97.9. The lowest BCUT2D eigenvalue weighted by atomic mass is 10.3. The van der Waals surface area contributed by atoms with Gasteiger partial charge in [-0.15, -0.1) is 0 Å². The van der Waals surface area contributed by atoms with Crippen LogP contribution in [0.1, 0.15) is 20.8 Å². The van der Waals surface area contributed by atoms with Gasteiger partial charge in [0.1, 0.15) is 11.8 Å². The molecule has 170 valence electrons. The van der Waals surface area contributed by atoms with Crippen molar-refractivity contribution in [2.75, 3.05) is 7.05 Å². The predicted octanol–water partition coefficient (Wildman–Crippen LogP) is 5.22. The first-order valence-corrected chi connectivity index (χ1v) is 10.4. The topological polar surface area (TPSA) is 65.1 Å². The standard InChI is InChI=1S/C19H19F5NO5P/c1-10(2)28-19(26)11(3)25(4)31(27,29-12-8-6-5-7-9-12)30-18-16(23)14(21)13(20)15(22)17(18)24/h5-11H,1-4H3/t11-,31-/m0/s1. The Bertz CT molecular complexity index is 976. The van der Waals surface area contributed by atoms with Crippen LogP contribution in [0, 0.1) is 29.1 Å². The molecule has 0 aromatic heterocycles. The molecule has 2 rings (SSSR count). The number of likely N-dealkylation sites (N-methyl/N-ethyl adjacent to an activating group) is 1. The number of halogens is 5. The minimum Gasteiger partial charge on any atom is -0.462 e. The highest BCUT2D eigenvalue weighted by Crippen LogP contribution is 2.53. The summed E-state index contributed by atoms with van der Waals surface area (Å²) in [7, 11) is -3.88. The van der Waals surface area contributed by atoms with Crippen LogP contribution in [0.25, 0.3) is 0 Å². The number of carbonyl (C=O) groups excluding carboxylic acids is 1. The maximum absolute atomic E-state index is 14.1. The lowest BCUT2D eigenvalue weighted by Crippen LogP contribution is -2.38. The number of benzene rings is 2. The molecule has 6 nitrogen and oxygen atoms in total. The Labute approximate surface area is 175 Å². The average molecular weight is 467 g/mol. The summed E-state index contributed by atoms with van der Waals surface area (Å²) in [6.45, 7) is 4.33. The van der Waals surface area contributed by atoms with E-state index in [4.69, 9.17) is 13.8 Å². The highest BCUT2D eigenvalue weighted by molar-refractivity contribution is 7.52. The summed E-state index contributed by atoms with van der Waals surface area (Å²) in [5, 5.41) is 0. The summed E-state index contributed by atoms with van der Waals surface area (Å²) >= 11 is 0. The third-order valence-electron chi connectivity index (χ3n) is 3.98. The zero-order valence-electron chi connectivity index (χ0n) is 16.9. The van der Waals surface area contributed by atoms with Crippen molar-refractivity contribution < 1.29 is 45.1 Å². The Kier molecular flexibility index (Phi) is 7.67. The van der Waals surface area contributed by atoms with E-state index in [1.165, 1.54) is 31.2 Å². The van der Waals surface area contributed by atoms with Crippen molar-refractivity contribution in [3.63, 3.8) is 0 Å². The van der Waals surface area contributed by atoms with Crippen molar-refractivity contribution in [1.82, 2.24) is 4.67 Å². The molecular weight excluding hydrogens is 448 g/mol. The number of ether oxygens (including phenoxy) is 1. The van der Waals surface area contributed by atoms with E-state index in [2.05, 4.69) is 0 Å². The van der Waals surface area contributed by atoms with Crippen LogP contribution in [0.4, 0.5) is 22.0 Å². The van der Waals surface area contributed by atoms with Crippen molar-refractivity contribution >= 4 is 13.7 Å². The molecule has 0 unspecified atom stereocenters. The Morgan fingerprint density at radius 3 is 1.84 bits per heavy atom. The van der Waals surface area contributed by atoms with E-state index < -0.39 is 60.7 Å². The Balaban J connectivity index is 2.54. The number of hydrogen-bond acceptors (Lipinski definition) is 5. The van der Waals surface area contributed by atoms with Gasteiger partial charge in [0, 0.05) is 7.05 Å². The summed E-state index contributed by atoms with van der Waals surface area (Å²) in [5.74, 6) is -14.5. The minimum absolute atomic E-state index is 0.119. The van der Waals surface area contributed by atoms with Gasteiger partial charge in [-0.1, -0.05) is 18.2 Å². The second-order valence-corrected chi connectivity index (χ2v) is 8.53. The Hall–Kier alpha value is -2.65. The van der Waals surface area contributed by atoms with Crippen molar-refractivity contribution in [1.29, 1.82) is 0 Å². The minimum atomic E-state index is -4.92. The van der Waals surface area contributed by atoms with E-state index in [9.17, 15) is 31.3 Å². The SMILES string of the molecule is CC(C)OC(=O)[C@H](C)N(C)[P@](=O)(Oc1ccccc1)Oc1c(F)c(F)c(F)c(F)c1F. The molecule has 0 radical (unpaired) electrons. The summed E-state index contributed by atoms with van der Waals surface area (Å²) in [6, 6.07) is 5.77. The van der Waals surface area contributed by atoms with Gasteiger partial charge in [0.05, 0.1) is 6.10 Å². The molecular formula is C19H19F5NO5P. The highest BCUT2D eigenvalue weighted by atomic mass is 31.2. The van der Waals surface area contributed by atoms with Gasteiger partial charge in [-0.05, 0) is 32.9 Å². The van der Waals surface area contributed by atoms with Crippen LogP contribution in [0.5, 0.6) is 11.5 Å². The molecule has 2 atom stereocenters. The smallest absolute Gasteiger partial charge is 0.462 e. The number of para-hydroxylation sites is 1. The maximum Gasteiger partial charge on any atom is 0.516 e. The van der Waals surface area contributed by atoms with Gasteiger partial charge in [0.15, 0.2) is 0 Å². The first kappa shape index (κ1) is 24.6. The number of nitrogens with zero attached hydrogens (tertiary/aromatic N) is 1. The zero-order valence-corrected chi connectivity index (χ0v) is 17.8. The summed E-state index contributed by atoms with van der Waals surface area (Å²) in [5.41, 5.74) is 0. The highest BCUT2D eigenvalue weighted by Gasteiger charge is 2.43. The fourth-order valence-electron chi connectivity index (χ4n) is 2.24. The molecule has 0 saturated heterocycles. The van der Waals surface area contributed by atoms with Crippen LogP contribution in [-0.4, -0.2) is 29.8 Å². The molecule has 0 aliphatic carbocycles. The molecule has 0 heterocycles. The molecule has 0 aliphatic rings. The largest absolute Gasteiger partial charge is 0.516 e. The third kappa shape index (κ3) is 5.34. The van der Waals surface area contributed by atoms with Crippen LogP contribution < -0.4 is 9.05 Å². The van der Waals surface area contributed by atoms with Gasteiger partial charge in [0.2, 0.25) is 34.8 Å². The van der Waals surface area contributed by atoms with Gasteiger partial charge in [-0.3, -0.25) is 4.79 Å². The number of hydrogen-bond donors (Lipinski definition) is 0. The van der Waals surface area contributed by atoms with E-state index in [0.717, 1.165) is 7.05 Å². The molecule has 0 aliphatic heterocycles. The van der Waals surface area contributed by atoms with E-state index >= 15 is 0 Å². The van der Waals surface area contributed by atoms with Crippen molar-refractivity contribution in [3.05, 3.63) is 59.4 Å². The third-order valence-corrected chi connectivity index (χ3v) is 5.95. The molecule has 0 fully saturated rings. The number of esters is 1. The zero-order chi connectivity index (χ0) is 23.5. The van der Waals surface area contributed by atoms with Crippen molar-refractivity contribution in [2.24, 2.45) is 0 Å². The second-order valence-electron chi connectivity index (χ2n) is 6.60. The van der Waals surface area contributed by atoms with Crippen molar-refractivity contribution in [3.8, 4) is 11.5 Å². The number of carbonyl (C=O) groups is 1. The first-order chi connectivity index (χ1) is 14.4. The van der Waals surface area contributed by atoms with Crippen molar-refractivity contribution in [2.45, 2.75) is 32.9 Å². The molecule has 0 N–H and O–H groups in total. The molecule has 2 aromatic carbocycles. The van der Waals surface area contributed by atoms with E-state index in [1.54, 1.807) is 19.9 Å². The summed E-state index contributed by atoms with van der Waals surface area (Å²) in [6.07, 6.45) is -0.547. The van der Waals surface area contributed by atoms with Gasteiger partial charge in [-0.25, -0.2) is 17.7 Å². The normalized spacial score (nSPS) is 14.3. The van der Waals surface area contributed by atoms with Crippen LogP contribution in [0.3, 0.4) is 0 Å². The first-order valence-electron chi connectivity index (χ1n) is 8.88. The van der Waals surface area contributed by atoms with Gasteiger partial charge in [0.25, 0.3) is 0 Å². The Morgan fingerprint density at radius 2 is 1.35 bits per heavy atom. The van der Waals surface area contributed by atoms with Gasteiger partial charge >= 0.3 is 13.7 Å².